The monoisotopic (exact) mass is 320 g/mol. The molecule has 9 heteroatoms. The van der Waals surface area contributed by atoms with Gasteiger partial charge in [-0.3, -0.25) is 19.7 Å². The molecule has 124 valence electrons. The van der Waals surface area contributed by atoms with Crippen molar-refractivity contribution < 1.29 is 14.1 Å². The molecule has 0 bridgehead atoms. The zero-order chi connectivity index (χ0) is 16.2. The van der Waals surface area contributed by atoms with E-state index in [1.165, 1.54) is 6.33 Å². The van der Waals surface area contributed by atoms with Crippen molar-refractivity contribution in [3.05, 3.63) is 24.4 Å². The molecule has 3 rings (SSSR count). The average molecular weight is 320 g/mol. The molecule has 1 aliphatic rings. The van der Waals surface area contributed by atoms with Gasteiger partial charge >= 0.3 is 0 Å². The van der Waals surface area contributed by atoms with E-state index in [0.717, 1.165) is 5.69 Å². The first kappa shape index (κ1) is 15.6. The van der Waals surface area contributed by atoms with E-state index in [-0.39, 0.29) is 18.1 Å². The van der Waals surface area contributed by atoms with Gasteiger partial charge in [-0.2, -0.15) is 5.10 Å². The third kappa shape index (κ3) is 3.93. The van der Waals surface area contributed by atoms with Crippen LogP contribution in [0.2, 0.25) is 0 Å². The summed E-state index contributed by atoms with van der Waals surface area (Å²) in [7, 11) is 0. The molecule has 9 nitrogen and oxygen atoms in total. The van der Waals surface area contributed by atoms with E-state index in [1.54, 1.807) is 24.0 Å². The number of carbonyl (C=O) groups excluding carboxylic acids is 1. The van der Waals surface area contributed by atoms with Crippen LogP contribution in [0.15, 0.2) is 23.2 Å². The molecule has 2 aromatic heterocycles. The van der Waals surface area contributed by atoms with Crippen LogP contribution >= 0.6 is 0 Å². The number of aryl methyl sites for hydroxylation is 1. The number of carbonyl (C=O) groups is 1. The Morgan fingerprint density at radius 3 is 3.13 bits per heavy atom. The summed E-state index contributed by atoms with van der Waals surface area (Å²) in [6.07, 6.45) is 3.13. The predicted molar refractivity (Wildman–Crippen MR) is 80.7 cm³/mol. The number of amides is 1. The molecule has 1 fully saturated rings. The van der Waals surface area contributed by atoms with Gasteiger partial charge in [0.1, 0.15) is 12.7 Å². The van der Waals surface area contributed by atoms with E-state index >= 15 is 0 Å². The Hall–Kier alpha value is -2.26. The third-order valence-electron chi connectivity index (χ3n) is 3.83. The van der Waals surface area contributed by atoms with Crippen LogP contribution in [0.3, 0.4) is 0 Å². The summed E-state index contributed by atoms with van der Waals surface area (Å²) in [6, 6.07) is 1.40. The number of hydrogen-bond acceptors (Lipinski definition) is 7. The van der Waals surface area contributed by atoms with Crippen molar-refractivity contribution in [2.45, 2.75) is 32.5 Å². The Balaban J connectivity index is 1.55. The molecular formula is C14H20N6O3. The maximum atomic E-state index is 12.3. The number of nitrogens with zero attached hydrogens (tertiary/aromatic N) is 5. The summed E-state index contributed by atoms with van der Waals surface area (Å²) in [4.78, 5) is 18.3. The molecule has 3 heterocycles. The number of aromatic nitrogens is 4. The first-order valence-electron chi connectivity index (χ1n) is 7.54. The molecule has 0 unspecified atom stereocenters. The van der Waals surface area contributed by atoms with Gasteiger partial charge in [0.15, 0.2) is 0 Å². The van der Waals surface area contributed by atoms with Gasteiger partial charge in [0, 0.05) is 19.2 Å². The molecule has 1 amide bonds. The van der Waals surface area contributed by atoms with Gasteiger partial charge in [-0.25, -0.2) is 4.98 Å². The molecular weight excluding hydrogens is 300 g/mol. The predicted octanol–water partition coefficient (Wildman–Crippen LogP) is 0.303. The lowest BCUT2D eigenvalue weighted by atomic mass is 10.2. The van der Waals surface area contributed by atoms with E-state index in [2.05, 4.69) is 25.5 Å². The second-order valence-electron chi connectivity index (χ2n) is 5.60. The van der Waals surface area contributed by atoms with Crippen LogP contribution in [0.25, 0.3) is 0 Å². The van der Waals surface area contributed by atoms with Crippen LogP contribution in [0.5, 0.6) is 0 Å². The standard InChI is InChI=1S/C14H20N6O3/c1-10-5-13(23-18-10)17-14(21)11(2)19-3-4-22-12(6-19)7-20-9-15-8-16-20/h5,8-9,11-12H,3-4,6-7H2,1-2H3,(H,17,21)/t11-,12+/m0/s1. The highest BCUT2D eigenvalue weighted by atomic mass is 16.5. The van der Waals surface area contributed by atoms with Gasteiger partial charge in [-0.05, 0) is 13.8 Å². The van der Waals surface area contributed by atoms with Gasteiger partial charge < -0.3 is 9.26 Å². The van der Waals surface area contributed by atoms with Crippen molar-refractivity contribution in [1.29, 1.82) is 0 Å². The summed E-state index contributed by atoms with van der Waals surface area (Å²) < 4.78 is 12.5. The minimum Gasteiger partial charge on any atom is -0.374 e. The van der Waals surface area contributed by atoms with Crippen LogP contribution in [-0.2, 0) is 16.1 Å². The molecule has 0 radical (unpaired) electrons. The fourth-order valence-electron chi connectivity index (χ4n) is 2.55. The van der Waals surface area contributed by atoms with Crippen LogP contribution in [0, 0.1) is 6.92 Å². The van der Waals surface area contributed by atoms with Crippen molar-refractivity contribution >= 4 is 11.8 Å². The number of rotatable bonds is 5. The number of morpholine rings is 1. The van der Waals surface area contributed by atoms with E-state index in [4.69, 9.17) is 9.26 Å². The highest BCUT2D eigenvalue weighted by Gasteiger charge is 2.28. The molecule has 0 aliphatic carbocycles. The fourth-order valence-corrected chi connectivity index (χ4v) is 2.55. The molecule has 1 aliphatic heterocycles. The SMILES string of the molecule is Cc1cc(NC(=O)[C@H](C)N2CCO[C@@H](Cn3cncn3)C2)on1. The quantitative estimate of drug-likeness (QED) is 0.846. The van der Waals surface area contributed by atoms with E-state index < -0.39 is 0 Å². The molecule has 0 aromatic carbocycles. The Kier molecular flexibility index (Phi) is 4.68. The zero-order valence-corrected chi connectivity index (χ0v) is 13.2. The molecule has 1 N–H and O–H groups in total. The lowest BCUT2D eigenvalue weighted by Crippen LogP contribution is -2.51. The zero-order valence-electron chi connectivity index (χ0n) is 13.2. The van der Waals surface area contributed by atoms with Crippen LogP contribution in [-0.4, -0.2) is 62.6 Å². The maximum absolute atomic E-state index is 12.3. The van der Waals surface area contributed by atoms with Crippen molar-refractivity contribution in [2.24, 2.45) is 0 Å². The highest BCUT2D eigenvalue weighted by Crippen LogP contribution is 2.14. The first-order valence-corrected chi connectivity index (χ1v) is 7.54. The lowest BCUT2D eigenvalue weighted by Gasteiger charge is -2.35. The summed E-state index contributed by atoms with van der Waals surface area (Å²) in [5, 5.41) is 10.6. The summed E-state index contributed by atoms with van der Waals surface area (Å²) >= 11 is 0. The topological polar surface area (TPSA) is 98.3 Å². The second-order valence-corrected chi connectivity index (χ2v) is 5.60. The van der Waals surface area contributed by atoms with Gasteiger partial charge in [-0.1, -0.05) is 5.16 Å². The normalized spacial score (nSPS) is 20.3. The van der Waals surface area contributed by atoms with Gasteiger partial charge in [0.05, 0.1) is 31.0 Å². The fraction of sp³-hybridized carbons (Fsp3) is 0.571. The number of ether oxygens (including phenoxy) is 1. The Bertz CT molecular complexity index is 641. The molecule has 0 spiro atoms. The van der Waals surface area contributed by atoms with E-state index in [0.29, 0.717) is 32.1 Å². The molecule has 2 atom stereocenters. The summed E-state index contributed by atoms with van der Waals surface area (Å²) in [5.41, 5.74) is 0.729. The van der Waals surface area contributed by atoms with Gasteiger partial charge in [0.25, 0.3) is 0 Å². The lowest BCUT2D eigenvalue weighted by molar-refractivity contribution is -0.124. The van der Waals surface area contributed by atoms with Gasteiger partial charge in [-0.15, -0.1) is 0 Å². The molecule has 2 aromatic rings. The van der Waals surface area contributed by atoms with Crippen molar-refractivity contribution in [2.75, 3.05) is 25.0 Å². The van der Waals surface area contributed by atoms with Crippen LogP contribution in [0.4, 0.5) is 5.88 Å². The smallest absolute Gasteiger partial charge is 0.243 e. The Labute approximate surface area is 133 Å². The molecule has 23 heavy (non-hydrogen) atoms. The highest BCUT2D eigenvalue weighted by molar-refractivity contribution is 5.93. The number of hydrogen-bond donors (Lipinski definition) is 1. The first-order chi connectivity index (χ1) is 11.1. The maximum Gasteiger partial charge on any atom is 0.243 e. The van der Waals surface area contributed by atoms with E-state index in [9.17, 15) is 4.79 Å². The van der Waals surface area contributed by atoms with Crippen LogP contribution in [0.1, 0.15) is 12.6 Å². The van der Waals surface area contributed by atoms with Crippen LogP contribution < -0.4 is 5.32 Å². The Morgan fingerprint density at radius 1 is 1.57 bits per heavy atom. The summed E-state index contributed by atoms with van der Waals surface area (Å²) in [6.45, 7) is 6.24. The van der Waals surface area contributed by atoms with Gasteiger partial charge in [0.2, 0.25) is 11.8 Å². The van der Waals surface area contributed by atoms with Crippen molar-refractivity contribution in [3.8, 4) is 0 Å². The third-order valence-corrected chi connectivity index (χ3v) is 3.83. The number of nitrogens with one attached hydrogen (secondary N) is 1. The minimum absolute atomic E-state index is 0.0202. The molecule has 0 saturated carbocycles. The van der Waals surface area contributed by atoms with Crippen molar-refractivity contribution in [3.63, 3.8) is 0 Å². The second kappa shape index (κ2) is 6.88. The Morgan fingerprint density at radius 2 is 2.43 bits per heavy atom. The largest absolute Gasteiger partial charge is 0.374 e. The minimum atomic E-state index is -0.289. The van der Waals surface area contributed by atoms with E-state index in [1.807, 2.05) is 6.92 Å². The average Bonchev–Trinajstić information content (AvgIpc) is 3.18. The number of anilines is 1. The van der Waals surface area contributed by atoms with Crippen molar-refractivity contribution in [1.82, 2.24) is 24.8 Å². The summed E-state index contributed by atoms with van der Waals surface area (Å²) in [5.74, 6) is 0.245. The molecule has 1 saturated heterocycles.